The lowest BCUT2D eigenvalue weighted by atomic mass is 10.2. The zero-order chi connectivity index (χ0) is 17.9. The lowest BCUT2D eigenvalue weighted by molar-refractivity contribution is -0.671. The molecule has 26 heavy (non-hydrogen) atoms. The maximum atomic E-state index is 12.0. The summed E-state index contributed by atoms with van der Waals surface area (Å²) < 4.78 is 6.18. The Labute approximate surface area is 152 Å². The maximum Gasteiger partial charge on any atom is 0.281 e. The van der Waals surface area contributed by atoms with Gasteiger partial charge in [0.05, 0.1) is 5.27 Å². The third-order valence-corrected chi connectivity index (χ3v) is 4.53. The second-order valence-corrected chi connectivity index (χ2v) is 6.46. The van der Waals surface area contributed by atoms with Crippen LogP contribution in [0.15, 0.2) is 64.1 Å². The molecule has 0 N–H and O–H groups in total. The molecule has 8 heteroatoms. The lowest BCUT2D eigenvalue weighted by Gasteiger charge is -1.93. The summed E-state index contributed by atoms with van der Waals surface area (Å²) in [6, 6.07) is 17.3. The Balaban J connectivity index is 1.63. The molecule has 4 aromatic rings. The standard InChI is InChI=1S/C18H13N5O2S/c1-12-7-9-14(10-8-12)23-15(17(24)25-22-23)11-19-18-21-20-16(26-18)13-5-3-2-4-6-13/h2-11H,1H3. The van der Waals surface area contributed by atoms with Gasteiger partial charge in [-0.3, -0.25) is 0 Å². The summed E-state index contributed by atoms with van der Waals surface area (Å²) in [5, 5.41) is 25.1. The quantitative estimate of drug-likeness (QED) is 0.410. The molecule has 0 unspecified atom stereocenters. The average molecular weight is 363 g/mol. The summed E-state index contributed by atoms with van der Waals surface area (Å²) in [5.74, 6) is -0.567. The van der Waals surface area contributed by atoms with Gasteiger partial charge >= 0.3 is 0 Å². The molecule has 4 rings (SSSR count). The van der Waals surface area contributed by atoms with E-state index in [2.05, 4.69) is 20.5 Å². The largest absolute Gasteiger partial charge is 0.539 e. The Hall–Kier alpha value is -3.39. The molecule has 128 valence electrons. The topological polar surface area (TPSA) is 91.1 Å². The third kappa shape index (κ3) is 3.22. The zero-order valence-electron chi connectivity index (χ0n) is 13.7. The van der Waals surface area contributed by atoms with E-state index in [0.717, 1.165) is 16.1 Å². The van der Waals surface area contributed by atoms with E-state index in [9.17, 15) is 5.11 Å². The summed E-state index contributed by atoms with van der Waals surface area (Å²) >= 11 is 1.33. The predicted octanol–water partition coefficient (Wildman–Crippen LogP) is 2.60. The van der Waals surface area contributed by atoms with Crippen molar-refractivity contribution in [2.75, 3.05) is 0 Å². The Morgan fingerprint density at radius 3 is 2.62 bits per heavy atom. The Bertz CT molecular complexity index is 1050. The molecule has 2 aromatic heterocycles. The molecule has 0 radical (unpaired) electrons. The molecule has 0 spiro atoms. The normalized spacial score (nSPS) is 11.3. The number of hydrogen-bond donors (Lipinski definition) is 0. The molecule has 0 saturated carbocycles. The smallest absolute Gasteiger partial charge is 0.281 e. The molecule has 0 bridgehead atoms. The van der Waals surface area contributed by atoms with E-state index in [1.54, 1.807) is 0 Å². The van der Waals surface area contributed by atoms with E-state index in [1.165, 1.54) is 22.2 Å². The van der Waals surface area contributed by atoms with Crippen molar-refractivity contribution in [3.05, 3.63) is 65.9 Å². The summed E-state index contributed by atoms with van der Waals surface area (Å²) in [7, 11) is 0. The van der Waals surface area contributed by atoms with Crippen molar-refractivity contribution in [3.8, 4) is 22.2 Å². The van der Waals surface area contributed by atoms with E-state index in [1.807, 2.05) is 61.5 Å². The fraction of sp³-hybridized carbons (Fsp3) is 0.0556. The fourth-order valence-electron chi connectivity index (χ4n) is 2.32. The van der Waals surface area contributed by atoms with Crippen molar-refractivity contribution in [3.63, 3.8) is 0 Å². The highest BCUT2D eigenvalue weighted by molar-refractivity contribution is 7.18. The molecule has 0 amide bonds. The van der Waals surface area contributed by atoms with Crippen LogP contribution in [0.25, 0.3) is 16.3 Å². The van der Waals surface area contributed by atoms with Gasteiger partial charge in [-0.2, -0.15) is 0 Å². The minimum atomic E-state index is -0.567. The first-order chi connectivity index (χ1) is 12.7. The van der Waals surface area contributed by atoms with Crippen LogP contribution in [0.3, 0.4) is 0 Å². The molecular formula is C18H13N5O2S. The first-order valence-electron chi connectivity index (χ1n) is 7.80. The van der Waals surface area contributed by atoms with E-state index in [4.69, 9.17) is 4.52 Å². The van der Waals surface area contributed by atoms with Gasteiger partial charge in [0.25, 0.3) is 5.69 Å². The van der Waals surface area contributed by atoms with Crippen molar-refractivity contribution in [1.29, 1.82) is 0 Å². The zero-order valence-corrected chi connectivity index (χ0v) is 14.6. The summed E-state index contributed by atoms with van der Waals surface area (Å²) in [5.41, 5.74) is 3.00. The molecule has 2 heterocycles. The SMILES string of the molecule is Cc1ccc(-[n+]2noc([O-])c2/C=N\c2nnc(-c3ccccc3)s2)cc1. The Morgan fingerprint density at radius 2 is 1.85 bits per heavy atom. The minimum Gasteiger partial charge on any atom is -0.539 e. The Kier molecular flexibility index (Phi) is 4.24. The number of nitrogens with zero attached hydrogens (tertiary/aromatic N) is 5. The molecule has 0 atom stereocenters. The summed E-state index contributed by atoms with van der Waals surface area (Å²) in [6.45, 7) is 1.98. The van der Waals surface area contributed by atoms with Crippen LogP contribution in [0.1, 0.15) is 11.3 Å². The van der Waals surface area contributed by atoms with E-state index in [-0.39, 0.29) is 5.69 Å². The van der Waals surface area contributed by atoms with Crippen LogP contribution in [0.2, 0.25) is 0 Å². The van der Waals surface area contributed by atoms with E-state index >= 15 is 0 Å². The monoisotopic (exact) mass is 363 g/mol. The number of aliphatic imine (C=N–C) groups is 1. The highest BCUT2D eigenvalue weighted by atomic mass is 32.1. The second kappa shape index (κ2) is 6.85. The van der Waals surface area contributed by atoms with Gasteiger partial charge < -0.3 is 9.63 Å². The molecule has 0 aliphatic carbocycles. The molecular weight excluding hydrogens is 350 g/mol. The van der Waals surface area contributed by atoms with Gasteiger partial charge in [0.1, 0.15) is 11.2 Å². The average Bonchev–Trinajstić information content (AvgIpc) is 3.28. The van der Waals surface area contributed by atoms with Crippen LogP contribution < -0.4 is 9.79 Å². The van der Waals surface area contributed by atoms with Crippen molar-refractivity contribution in [1.82, 2.24) is 15.5 Å². The summed E-state index contributed by atoms with van der Waals surface area (Å²) in [4.78, 5) is 4.26. The van der Waals surface area contributed by atoms with Crippen molar-refractivity contribution < 1.29 is 14.3 Å². The van der Waals surface area contributed by atoms with E-state index in [0.29, 0.717) is 10.8 Å². The van der Waals surface area contributed by atoms with Crippen molar-refractivity contribution >= 4 is 22.7 Å². The molecule has 0 fully saturated rings. The van der Waals surface area contributed by atoms with Gasteiger partial charge in [0.2, 0.25) is 10.8 Å². The highest BCUT2D eigenvalue weighted by Crippen LogP contribution is 2.27. The maximum absolute atomic E-state index is 12.0. The first kappa shape index (κ1) is 16.1. The predicted molar refractivity (Wildman–Crippen MR) is 94.8 cm³/mol. The molecule has 7 nitrogen and oxygen atoms in total. The molecule has 0 saturated heterocycles. The van der Waals surface area contributed by atoms with Crippen LogP contribution in [-0.2, 0) is 0 Å². The van der Waals surface area contributed by atoms with Gasteiger partial charge in [-0.25, -0.2) is 4.99 Å². The van der Waals surface area contributed by atoms with Crippen LogP contribution in [0.4, 0.5) is 5.13 Å². The van der Waals surface area contributed by atoms with Crippen LogP contribution in [0.5, 0.6) is 5.95 Å². The van der Waals surface area contributed by atoms with Gasteiger partial charge in [-0.1, -0.05) is 59.4 Å². The van der Waals surface area contributed by atoms with Crippen LogP contribution in [-0.4, -0.2) is 21.7 Å². The van der Waals surface area contributed by atoms with Gasteiger partial charge in [0, 0.05) is 17.7 Å². The fourth-order valence-corrected chi connectivity index (χ4v) is 3.01. The van der Waals surface area contributed by atoms with E-state index < -0.39 is 5.95 Å². The first-order valence-corrected chi connectivity index (χ1v) is 8.61. The number of benzene rings is 2. The van der Waals surface area contributed by atoms with Crippen LogP contribution in [0, 0.1) is 6.92 Å². The number of hydrogen-bond acceptors (Lipinski definition) is 7. The van der Waals surface area contributed by atoms with Crippen molar-refractivity contribution in [2.45, 2.75) is 6.92 Å². The van der Waals surface area contributed by atoms with Gasteiger partial charge in [-0.15, -0.1) is 10.2 Å². The number of rotatable bonds is 4. The van der Waals surface area contributed by atoms with Crippen LogP contribution >= 0.6 is 11.3 Å². The number of aromatic nitrogens is 4. The second-order valence-electron chi connectivity index (χ2n) is 5.51. The highest BCUT2D eigenvalue weighted by Gasteiger charge is 2.18. The molecule has 0 aliphatic rings. The van der Waals surface area contributed by atoms with Gasteiger partial charge in [-0.05, 0) is 11.6 Å². The van der Waals surface area contributed by atoms with Gasteiger partial charge in [0.15, 0.2) is 5.95 Å². The minimum absolute atomic E-state index is 0.213. The Morgan fingerprint density at radius 1 is 1.08 bits per heavy atom. The van der Waals surface area contributed by atoms with Crippen molar-refractivity contribution in [2.24, 2.45) is 4.99 Å². The third-order valence-electron chi connectivity index (χ3n) is 3.65. The summed E-state index contributed by atoms with van der Waals surface area (Å²) in [6.07, 6.45) is 1.40. The number of aryl methyl sites for hydroxylation is 1. The molecule has 2 aromatic carbocycles. The molecule has 0 aliphatic heterocycles. The lowest BCUT2D eigenvalue weighted by Crippen LogP contribution is -2.36.